The SMILES string of the molecule is CCCCCCCCC=CCC(=O)NC(CC(=O)O)C(=O)NC1C(=O)N2CCCCC2C(=O)NC(C(C)C(=O)O)C(=O)NC(CC(=O)O)C(=O)NCC(=O)NC(CC(=O)O)C(=O)NCC(=O)NC(C(C)N)C(=O)NC(C(C)C)C(=O)N2CCCC2C(=O)NC1C. The van der Waals surface area contributed by atoms with Crippen LogP contribution in [0.4, 0.5) is 0 Å². The molecule has 0 aliphatic carbocycles. The average Bonchev–Trinajstić information content (AvgIpc) is 1.31. The number of fused-ring (bicyclic) bond motifs is 2. The van der Waals surface area contributed by atoms with Crippen LogP contribution in [0.15, 0.2) is 12.2 Å². The number of unbranched alkanes of at least 4 members (excludes halogenated alkanes) is 6. The minimum Gasteiger partial charge on any atom is -0.481 e. The predicted molar refractivity (Wildman–Crippen MR) is 315 cm³/mol. The third kappa shape index (κ3) is 24.3. The molecule has 3 heterocycles. The smallest absolute Gasteiger partial charge is 0.308 e. The molecule has 33 heteroatoms. The molecule has 33 nitrogen and oxygen atoms in total. The molecule has 3 aliphatic heterocycles. The van der Waals surface area contributed by atoms with Crippen LogP contribution in [0.2, 0.25) is 0 Å². The molecule has 90 heavy (non-hydrogen) atoms. The number of nitrogens with zero attached hydrogens (tertiary/aromatic N) is 2. The van der Waals surface area contributed by atoms with Gasteiger partial charge in [-0.3, -0.25) is 76.7 Å². The van der Waals surface area contributed by atoms with Crippen molar-refractivity contribution < 1.29 is 97.1 Å². The van der Waals surface area contributed by atoms with Gasteiger partial charge in [-0.15, -0.1) is 0 Å². The van der Waals surface area contributed by atoms with E-state index in [0.29, 0.717) is 6.42 Å². The number of allylic oxidation sites excluding steroid dienone is 1. The number of aliphatic carboxylic acids is 4. The number of carbonyl (C=O) groups is 16. The monoisotopic (exact) mass is 1280 g/mol. The molecule has 0 radical (unpaired) electrons. The maximum atomic E-state index is 15.2. The summed E-state index contributed by atoms with van der Waals surface area (Å²) in [5, 5.41) is 62.2. The molecule has 0 aromatic heterocycles. The number of rotatable bonds is 22. The summed E-state index contributed by atoms with van der Waals surface area (Å²) in [6.07, 6.45) is 7.14. The van der Waals surface area contributed by atoms with Crippen LogP contribution >= 0.6 is 0 Å². The highest BCUT2D eigenvalue weighted by atomic mass is 16.4. The lowest BCUT2D eigenvalue weighted by atomic mass is 9.96. The first kappa shape index (κ1) is 75.5. The number of hydrogen-bond acceptors (Lipinski definition) is 17. The lowest BCUT2D eigenvalue weighted by molar-refractivity contribution is -0.150. The molecule has 502 valence electrons. The van der Waals surface area contributed by atoms with Crippen molar-refractivity contribution in [1.82, 2.24) is 63.0 Å². The van der Waals surface area contributed by atoms with Gasteiger partial charge in [0.1, 0.15) is 54.4 Å². The maximum absolute atomic E-state index is 15.2. The minimum atomic E-state index is -2.15. The van der Waals surface area contributed by atoms with Crippen molar-refractivity contribution >= 4 is 94.8 Å². The van der Waals surface area contributed by atoms with Gasteiger partial charge in [0.15, 0.2) is 0 Å². The predicted octanol–water partition coefficient (Wildman–Crippen LogP) is -3.65. The van der Waals surface area contributed by atoms with Crippen LogP contribution in [0.25, 0.3) is 0 Å². The first-order chi connectivity index (χ1) is 42.4. The van der Waals surface area contributed by atoms with Crippen molar-refractivity contribution in [3.05, 3.63) is 12.2 Å². The van der Waals surface area contributed by atoms with Crippen LogP contribution in [-0.2, 0) is 76.7 Å². The fraction of sp³-hybridized carbons (Fsp3) is 0.684. The summed E-state index contributed by atoms with van der Waals surface area (Å²) in [6.45, 7) is 6.47. The first-order valence-electron chi connectivity index (χ1n) is 30.2. The molecule has 0 spiro atoms. The molecule has 12 atom stereocenters. The van der Waals surface area contributed by atoms with Crippen LogP contribution in [0.1, 0.15) is 144 Å². The Kier molecular flexibility index (Phi) is 31.3. The summed E-state index contributed by atoms with van der Waals surface area (Å²) in [6, 6.07) is -18.5. The van der Waals surface area contributed by atoms with E-state index in [1.54, 1.807) is 26.0 Å². The van der Waals surface area contributed by atoms with Crippen LogP contribution < -0.4 is 58.9 Å². The normalized spacial score (nSPS) is 25.4. The van der Waals surface area contributed by atoms with E-state index < -0.39 is 205 Å². The Bertz CT molecular complexity index is 2670. The van der Waals surface area contributed by atoms with Crippen molar-refractivity contribution in [2.24, 2.45) is 17.6 Å². The maximum Gasteiger partial charge on any atom is 0.308 e. The number of nitrogens with one attached hydrogen (secondary N) is 10. The van der Waals surface area contributed by atoms with Gasteiger partial charge in [-0.1, -0.05) is 65.0 Å². The second kappa shape index (κ2) is 37.3. The fourth-order valence-electron chi connectivity index (χ4n) is 10.3. The molecule has 0 bridgehead atoms. The number of hydrogen-bond donors (Lipinski definition) is 15. The standard InChI is InChI=1S/C57H89N13O20/c1-7-8-9-10-11-12-13-14-15-21-38(71)62-35(26-43(78)79)50(82)68-47-32(6)61-51(83)37-20-18-23-70(37)55(87)44(29(2)3)66-54(86)46(31(5)58)65-40(73)28-60-48(80)33(24-41(74)75)63-39(72)27-59-49(81)34(25-42(76)77)64-53(85)45(30(4)57(89)90)67-52(84)36-19-16-17-22-69(36)56(47)88/h14-15,29-37,44-47H,7-13,16-28,58H2,1-6H3,(H,59,81)(H,60,80)(H,61,83)(H,62,71)(H,63,72)(H,64,85)(H,65,73)(H,66,86)(H,67,84)(H,68,82)(H,74,75)(H,76,77)(H,78,79)(H,89,90). The molecule has 12 amide bonds. The number of carboxylic acids is 4. The molecule has 0 aromatic carbocycles. The third-order valence-corrected chi connectivity index (χ3v) is 15.3. The second-order valence-corrected chi connectivity index (χ2v) is 23.0. The first-order valence-corrected chi connectivity index (χ1v) is 30.2. The summed E-state index contributed by atoms with van der Waals surface area (Å²) in [7, 11) is 0. The van der Waals surface area contributed by atoms with Gasteiger partial charge in [0, 0.05) is 25.6 Å². The molecule has 3 rings (SSSR count). The molecule has 3 saturated heterocycles. The van der Waals surface area contributed by atoms with Gasteiger partial charge in [0.2, 0.25) is 70.9 Å². The van der Waals surface area contributed by atoms with E-state index in [4.69, 9.17) is 5.73 Å². The number of amides is 12. The van der Waals surface area contributed by atoms with E-state index >= 15 is 4.79 Å². The van der Waals surface area contributed by atoms with Crippen LogP contribution in [0.3, 0.4) is 0 Å². The Morgan fingerprint density at radius 2 is 1.11 bits per heavy atom. The zero-order chi connectivity index (χ0) is 67.5. The highest BCUT2D eigenvalue weighted by Gasteiger charge is 2.45. The van der Waals surface area contributed by atoms with Crippen LogP contribution in [0, 0.1) is 11.8 Å². The highest BCUT2D eigenvalue weighted by molar-refractivity contribution is 6.01. The fourth-order valence-corrected chi connectivity index (χ4v) is 10.3. The number of nitrogens with two attached hydrogens (primary N) is 1. The van der Waals surface area contributed by atoms with E-state index in [0.717, 1.165) is 55.2 Å². The van der Waals surface area contributed by atoms with E-state index in [2.05, 4.69) is 44.1 Å². The van der Waals surface area contributed by atoms with Gasteiger partial charge in [-0.25, -0.2) is 0 Å². The van der Waals surface area contributed by atoms with Crippen LogP contribution in [-0.4, -0.2) is 218 Å². The summed E-state index contributed by atoms with van der Waals surface area (Å²) >= 11 is 0. The Morgan fingerprint density at radius 3 is 1.68 bits per heavy atom. The molecule has 16 N–H and O–H groups in total. The summed E-state index contributed by atoms with van der Waals surface area (Å²) < 4.78 is 0. The number of carbonyl (C=O) groups excluding carboxylic acids is 12. The van der Waals surface area contributed by atoms with Gasteiger partial charge in [-0.2, -0.15) is 0 Å². The largest absolute Gasteiger partial charge is 0.481 e. The summed E-state index contributed by atoms with van der Waals surface area (Å²) in [5.74, 6) is -22.5. The van der Waals surface area contributed by atoms with Crippen molar-refractivity contribution in [3.8, 4) is 0 Å². The summed E-state index contributed by atoms with van der Waals surface area (Å²) in [5.41, 5.74) is 6.11. The molecule has 12 unspecified atom stereocenters. The summed E-state index contributed by atoms with van der Waals surface area (Å²) in [4.78, 5) is 218. The molecular formula is C57H89N13O20. The molecule has 3 fully saturated rings. The van der Waals surface area contributed by atoms with Gasteiger partial charge < -0.3 is 89.1 Å². The Balaban J connectivity index is 2.18. The molecule has 0 aromatic rings. The van der Waals surface area contributed by atoms with E-state index in [9.17, 15) is 92.3 Å². The molecular weight excluding hydrogens is 1190 g/mol. The van der Waals surface area contributed by atoms with Crippen LogP contribution in [0.5, 0.6) is 0 Å². The second-order valence-electron chi connectivity index (χ2n) is 23.0. The van der Waals surface area contributed by atoms with Gasteiger partial charge >= 0.3 is 23.9 Å². The Hall–Kier alpha value is -8.78. The minimum absolute atomic E-state index is 0.0228. The Morgan fingerprint density at radius 1 is 0.589 bits per heavy atom. The zero-order valence-corrected chi connectivity index (χ0v) is 51.6. The van der Waals surface area contributed by atoms with E-state index in [-0.39, 0.29) is 51.6 Å². The van der Waals surface area contributed by atoms with Crippen molar-refractivity contribution in [2.45, 2.75) is 211 Å². The van der Waals surface area contributed by atoms with E-state index in [1.807, 2.05) is 16.0 Å². The topological polar surface area (TPSA) is 507 Å². The quantitative estimate of drug-likeness (QED) is 0.0367. The zero-order valence-electron chi connectivity index (χ0n) is 51.6. The highest BCUT2D eigenvalue weighted by Crippen LogP contribution is 2.24. The molecule has 0 saturated carbocycles. The van der Waals surface area contributed by atoms with Crippen molar-refractivity contribution in [2.75, 3.05) is 26.2 Å². The Labute approximate surface area is 520 Å². The van der Waals surface area contributed by atoms with E-state index in [1.165, 1.54) is 13.8 Å². The number of carboxylic acid groups (broad SMARTS) is 4. The average molecular weight is 1280 g/mol. The third-order valence-electron chi connectivity index (χ3n) is 15.3. The van der Waals surface area contributed by atoms with Crippen molar-refractivity contribution in [1.29, 1.82) is 0 Å². The van der Waals surface area contributed by atoms with Gasteiger partial charge in [0.05, 0.1) is 44.3 Å². The van der Waals surface area contributed by atoms with Crippen molar-refractivity contribution in [3.63, 3.8) is 0 Å². The van der Waals surface area contributed by atoms with Gasteiger partial charge in [-0.05, 0) is 71.6 Å². The lowest BCUT2D eigenvalue weighted by Crippen LogP contribution is -2.66. The van der Waals surface area contributed by atoms with Gasteiger partial charge in [0.25, 0.3) is 0 Å². The number of piperidine rings is 1. The lowest BCUT2D eigenvalue weighted by Gasteiger charge is -2.39. The molecule has 3 aliphatic rings.